The Morgan fingerprint density at radius 1 is 1.40 bits per heavy atom. The molecule has 0 bridgehead atoms. The first-order valence-electron chi connectivity index (χ1n) is 4.71. The van der Waals surface area contributed by atoms with E-state index in [2.05, 4.69) is 21.2 Å². The molecule has 0 aliphatic heterocycles. The highest BCUT2D eigenvalue weighted by molar-refractivity contribution is 9.10. The van der Waals surface area contributed by atoms with Gasteiger partial charge in [-0.15, -0.1) is 0 Å². The Labute approximate surface area is 98.5 Å². The SMILES string of the molecule is CC(C)=CC(=O)Nc1cccc(Br)c1C. The van der Waals surface area contributed by atoms with Crippen molar-refractivity contribution in [3.05, 3.63) is 39.9 Å². The van der Waals surface area contributed by atoms with E-state index in [9.17, 15) is 4.79 Å². The topological polar surface area (TPSA) is 29.1 Å². The van der Waals surface area contributed by atoms with Gasteiger partial charge in [0.25, 0.3) is 0 Å². The highest BCUT2D eigenvalue weighted by Crippen LogP contribution is 2.23. The van der Waals surface area contributed by atoms with Crippen LogP contribution >= 0.6 is 15.9 Å². The molecule has 80 valence electrons. The van der Waals surface area contributed by atoms with Crippen LogP contribution < -0.4 is 5.32 Å². The van der Waals surface area contributed by atoms with Crippen LogP contribution in [0.2, 0.25) is 0 Å². The molecule has 0 aliphatic rings. The number of nitrogens with one attached hydrogen (secondary N) is 1. The molecule has 0 aliphatic carbocycles. The quantitative estimate of drug-likeness (QED) is 0.815. The summed E-state index contributed by atoms with van der Waals surface area (Å²) in [6, 6.07) is 5.73. The minimum absolute atomic E-state index is 0.0869. The second kappa shape index (κ2) is 5.12. The van der Waals surface area contributed by atoms with Crippen LogP contribution in [0, 0.1) is 6.92 Å². The van der Waals surface area contributed by atoms with Crippen LogP contribution in [0.15, 0.2) is 34.3 Å². The maximum absolute atomic E-state index is 11.5. The fourth-order valence-electron chi connectivity index (χ4n) is 1.17. The molecule has 15 heavy (non-hydrogen) atoms. The van der Waals surface area contributed by atoms with Crippen LogP contribution in [-0.2, 0) is 4.79 Å². The van der Waals surface area contributed by atoms with Gasteiger partial charge in [0.1, 0.15) is 0 Å². The lowest BCUT2D eigenvalue weighted by Gasteiger charge is -2.07. The first kappa shape index (κ1) is 12.0. The van der Waals surface area contributed by atoms with Crippen molar-refractivity contribution in [3.63, 3.8) is 0 Å². The number of hydrogen-bond donors (Lipinski definition) is 1. The Bertz CT molecular complexity index is 406. The summed E-state index contributed by atoms with van der Waals surface area (Å²) in [5.74, 6) is -0.0869. The molecule has 0 fully saturated rings. The Kier molecular flexibility index (Phi) is 4.09. The predicted molar refractivity (Wildman–Crippen MR) is 66.9 cm³/mol. The summed E-state index contributed by atoms with van der Waals surface area (Å²) in [6.07, 6.45) is 1.58. The fourth-order valence-corrected chi connectivity index (χ4v) is 1.54. The number of benzene rings is 1. The molecule has 0 atom stereocenters. The largest absolute Gasteiger partial charge is 0.322 e. The third-order valence-electron chi connectivity index (χ3n) is 1.95. The van der Waals surface area contributed by atoms with Gasteiger partial charge in [0, 0.05) is 16.2 Å². The highest BCUT2D eigenvalue weighted by Gasteiger charge is 2.03. The number of amides is 1. The third kappa shape index (κ3) is 3.51. The van der Waals surface area contributed by atoms with E-state index in [0.717, 1.165) is 21.3 Å². The Morgan fingerprint density at radius 2 is 2.07 bits per heavy atom. The van der Waals surface area contributed by atoms with Crippen molar-refractivity contribution in [2.45, 2.75) is 20.8 Å². The maximum Gasteiger partial charge on any atom is 0.248 e. The zero-order valence-electron chi connectivity index (χ0n) is 9.10. The molecule has 1 N–H and O–H groups in total. The fraction of sp³-hybridized carbons (Fsp3) is 0.250. The van der Waals surface area contributed by atoms with E-state index in [1.54, 1.807) is 6.08 Å². The number of hydrogen-bond acceptors (Lipinski definition) is 1. The molecule has 1 rings (SSSR count). The van der Waals surface area contributed by atoms with Crippen LogP contribution in [-0.4, -0.2) is 5.91 Å². The van der Waals surface area contributed by atoms with E-state index in [-0.39, 0.29) is 5.91 Å². The molecule has 1 amide bonds. The van der Waals surface area contributed by atoms with Gasteiger partial charge in [-0.25, -0.2) is 0 Å². The van der Waals surface area contributed by atoms with Crippen molar-refractivity contribution in [1.82, 2.24) is 0 Å². The van der Waals surface area contributed by atoms with Crippen molar-refractivity contribution in [2.24, 2.45) is 0 Å². The molecule has 0 saturated heterocycles. The van der Waals surface area contributed by atoms with Gasteiger partial charge in [0.2, 0.25) is 5.91 Å². The average Bonchev–Trinajstić information content (AvgIpc) is 2.11. The molecule has 1 aromatic rings. The molecule has 2 nitrogen and oxygen atoms in total. The molecule has 0 radical (unpaired) electrons. The number of carbonyl (C=O) groups excluding carboxylic acids is 1. The van der Waals surface area contributed by atoms with Gasteiger partial charge in [-0.1, -0.05) is 27.6 Å². The van der Waals surface area contributed by atoms with Gasteiger partial charge >= 0.3 is 0 Å². The maximum atomic E-state index is 11.5. The number of halogens is 1. The molecular formula is C12H14BrNO. The van der Waals surface area contributed by atoms with E-state index < -0.39 is 0 Å². The second-order valence-corrected chi connectivity index (χ2v) is 4.48. The van der Waals surface area contributed by atoms with Crippen molar-refractivity contribution in [2.75, 3.05) is 5.32 Å². The summed E-state index contributed by atoms with van der Waals surface area (Å²) in [7, 11) is 0. The van der Waals surface area contributed by atoms with Crippen molar-refractivity contribution in [1.29, 1.82) is 0 Å². The molecule has 0 aromatic heterocycles. The number of anilines is 1. The number of rotatable bonds is 2. The van der Waals surface area contributed by atoms with Gasteiger partial charge in [0.05, 0.1) is 0 Å². The second-order valence-electron chi connectivity index (χ2n) is 3.62. The van der Waals surface area contributed by atoms with Gasteiger partial charge < -0.3 is 5.32 Å². The lowest BCUT2D eigenvalue weighted by molar-refractivity contribution is -0.111. The van der Waals surface area contributed by atoms with Crippen LogP contribution in [0.25, 0.3) is 0 Å². The summed E-state index contributed by atoms with van der Waals surface area (Å²) >= 11 is 3.42. The van der Waals surface area contributed by atoms with Crippen molar-refractivity contribution in [3.8, 4) is 0 Å². The minimum Gasteiger partial charge on any atom is -0.322 e. The first-order chi connectivity index (χ1) is 7.00. The lowest BCUT2D eigenvalue weighted by Crippen LogP contribution is -2.09. The molecule has 1 aromatic carbocycles. The summed E-state index contributed by atoms with van der Waals surface area (Å²) in [4.78, 5) is 11.5. The minimum atomic E-state index is -0.0869. The van der Waals surface area contributed by atoms with E-state index in [1.165, 1.54) is 0 Å². The first-order valence-corrected chi connectivity index (χ1v) is 5.51. The van der Waals surface area contributed by atoms with Gasteiger partial charge in [0.15, 0.2) is 0 Å². The molecular weight excluding hydrogens is 254 g/mol. The van der Waals surface area contributed by atoms with E-state index in [0.29, 0.717) is 0 Å². The normalized spacial score (nSPS) is 9.60. The molecule has 0 heterocycles. The Hall–Kier alpha value is -1.09. The van der Waals surface area contributed by atoms with Crippen LogP contribution in [0.4, 0.5) is 5.69 Å². The van der Waals surface area contributed by atoms with Crippen LogP contribution in [0.3, 0.4) is 0 Å². The molecule has 0 spiro atoms. The van der Waals surface area contributed by atoms with Crippen molar-refractivity contribution >= 4 is 27.5 Å². The Morgan fingerprint density at radius 3 is 2.67 bits per heavy atom. The summed E-state index contributed by atoms with van der Waals surface area (Å²) in [5.41, 5.74) is 2.86. The highest BCUT2D eigenvalue weighted by atomic mass is 79.9. The van der Waals surface area contributed by atoms with Gasteiger partial charge in [-0.2, -0.15) is 0 Å². The smallest absolute Gasteiger partial charge is 0.248 e. The molecule has 0 saturated carbocycles. The van der Waals surface area contributed by atoms with Crippen molar-refractivity contribution < 1.29 is 4.79 Å². The van der Waals surface area contributed by atoms with Gasteiger partial charge in [-0.05, 0) is 38.5 Å². The van der Waals surface area contributed by atoms with Gasteiger partial charge in [-0.3, -0.25) is 4.79 Å². The van der Waals surface area contributed by atoms with E-state index in [1.807, 2.05) is 39.0 Å². The number of carbonyl (C=O) groups is 1. The zero-order valence-corrected chi connectivity index (χ0v) is 10.7. The van der Waals surface area contributed by atoms with Crippen LogP contribution in [0.5, 0.6) is 0 Å². The monoisotopic (exact) mass is 267 g/mol. The van der Waals surface area contributed by atoms with E-state index in [4.69, 9.17) is 0 Å². The third-order valence-corrected chi connectivity index (χ3v) is 2.80. The number of allylic oxidation sites excluding steroid dienone is 1. The molecule has 0 unspecified atom stereocenters. The predicted octanol–water partition coefficient (Wildman–Crippen LogP) is 3.66. The summed E-state index contributed by atoms with van der Waals surface area (Å²) in [6.45, 7) is 5.75. The average molecular weight is 268 g/mol. The van der Waals surface area contributed by atoms with E-state index >= 15 is 0 Å². The Balaban J connectivity index is 2.86. The summed E-state index contributed by atoms with van der Waals surface area (Å²) < 4.78 is 0.998. The molecule has 3 heteroatoms. The zero-order chi connectivity index (χ0) is 11.4. The standard InChI is InChI=1S/C12H14BrNO/c1-8(2)7-12(15)14-11-6-4-5-10(13)9(11)3/h4-7H,1-3H3,(H,14,15). The van der Waals surface area contributed by atoms with Crippen LogP contribution in [0.1, 0.15) is 19.4 Å². The summed E-state index contributed by atoms with van der Waals surface area (Å²) in [5, 5.41) is 2.84. The lowest BCUT2D eigenvalue weighted by atomic mass is 10.2.